The van der Waals surface area contributed by atoms with Crippen LogP contribution in [0.4, 0.5) is 4.39 Å². The number of aliphatic carboxylic acids is 1. The third kappa shape index (κ3) is 2.71. The summed E-state index contributed by atoms with van der Waals surface area (Å²) in [4.78, 5) is 22.3. The van der Waals surface area contributed by atoms with E-state index in [0.717, 1.165) is 6.42 Å². The van der Waals surface area contributed by atoms with E-state index in [2.05, 4.69) is 0 Å². The van der Waals surface area contributed by atoms with Crippen LogP contribution in [0.3, 0.4) is 0 Å². The first-order chi connectivity index (χ1) is 9.56. The number of ether oxygens (including phenoxy) is 2. The molecule has 1 heterocycles. The van der Waals surface area contributed by atoms with Crippen LogP contribution in [0.1, 0.15) is 41.1 Å². The monoisotopic (exact) mass is 282 g/mol. The second kappa shape index (κ2) is 6.11. The van der Waals surface area contributed by atoms with E-state index in [-0.39, 0.29) is 23.1 Å². The van der Waals surface area contributed by atoms with Gasteiger partial charge < -0.3 is 14.6 Å². The second-order valence-corrected chi connectivity index (χ2v) is 4.41. The molecule has 0 bridgehead atoms. The molecule has 0 spiro atoms. The molecule has 1 fully saturated rings. The van der Waals surface area contributed by atoms with Crippen LogP contribution in [-0.2, 0) is 20.7 Å². The number of carboxylic acid groups (broad SMARTS) is 1. The summed E-state index contributed by atoms with van der Waals surface area (Å²) in [5, 5.41) is 8.74. The van der Waals surface area contributed by atoms with Crippen molar-refractivity contribution in [2.45, 2.75) is 26.1 Å². The van der Waals surface area contributed by atoms with Gasteiger partial charge >= 0.3 is 5.97 Å². The maximum absolute atomic E-state index is 14.4. The van der Waals surface area contributed by atoms with Crippen LogP contribution in [0.5, 0.6) is 0 Å². The molecule has 0 aromatic heterocycles. The summed E-state index contributed by atoms with van der Waals surface area (Å²) in [6.07, 6.45) is 0.151. The first-order valence-corrected chi connectivity index (χ1v) is 6.38. The van der Waals surface area contributed by atoms with Gasteiger partial charge in [0, 0.05) is 11.1 Å². The fourth-order valence-corrected chi connectivity index (χ4v) is 2.16. The maximum atomic E-state index is 14.4. The number of hydrogen-bond acceptors (Lipinski definition) is 4. The molecule has 5 nitrogen and oxygen atoms in total. The topological polar surface area (TPSA) is 72.8 Å². The summed E-state index contributed by atoms with van der Waals surface area (Å²) < 4.78 is 25.1. The van der Waals surface area contributed by atoms with E-state index in [0.29, 0.717) is 13.2 Å². The van der Waals surface area contributed by atoms with Crippen molar-refractivity contribution in [1.29, 1.82) is 0 Å². The lowest BCUT2D eigenvalue weighted by Crippen LogP contribution is -2.21. The van der Waals surface area contributed by atoms with Gasteiger partial charge in [0.1, 0.15) is 5.82 Å². The van der Waals surface area contributed by atoms with Gasteiger partial charge in [-0.05, 0) is 24.5 Å². The number of ketones is 1. The molecule has 0 unspecified atom stereocenters. The molecule has 0 atom stereocenters. The second-order valence-electron chi connectivity index (χ2n) is 4.41. The summed E-state index contributed by atoms with van der Waals surface area (Å²) in [5.74, 6) is -3.35. The number of carboxylic acids is 1. The molecule has 2 rings (SSSR count). The summed E-state index contributed by atoms with van der Waals surface area (Å²) >= 11 is 0. The summed E-state index contributed by atoms with van der Waals surface area (Å²) in [6, 6.07) is 2.66. The summed E-state index contributed by atoms with van der Waals surface area (Å²) in [6.45, 7) is 2.60. The third-order valence-corrected chi connectivity index (χ3v) is 3.15. The van der Waals surface area contributed by atoms with E-state index >= 15 is 0 Å². The van der Waals surface area contributed by atoms with Crippen molar-refractivity contribution in [2.75, 3.05) is 13.2 Å². The zero-order valence-electron chi connectivity index (χ0n) is 11.0. The number of Topliss-reactive ketones (excluding diaryl/α,β-unsaturated/α-hetero) is 1. The molecule has 1 aromatic rings. The van der Waals surface area contributed by atoms with Gasteiger partial charge in [-0.15, -0.1) is 0 Å². The van der Waals surface area contributed by atoms with Gasteiger partial charge in [-0.25, -0.2) is 9.18 Å². The fourth-order valence-electron chi connectivity index (χ4n) is 2.16. The number of carbonyl (C=O) groups is 2. The van der Waals surface area contributed by atoms with Crippen LogP contribution in [0.15, 0.2) is 12.1 Å². The average molecular weight is 282 g/mol. The fraction of sp³-hybridized carbons (Fsp3) is 0.429. The highest BCUT2D eigenvalue weighted by molar-refractivity contribution is 6.40. The van der Waals surface area contributed by atoms with Crippen molar-refractivity contribution < 1.29 is 28.6 Å². The van der Waals surface area contributed by atoms with Crippen molar-refractivity contribution in [3.63, 3.8) is 0 Å². The Morgan fingerprint density at radius 2 is 2.00 bits per heavy atom. The Hall–Kier alpha value is -1.79. The van der Waals surface area contributed by atoms with Crippen LogP contribution >= 0.6 is 0 Å². The minimum absolute atomic E-state index is 0.0765. The Bertz CT molecular complexity index is 535. The first-order valence-electron chi connectivity index (χ1n) is 6.38. The zero-order valence-corrected chi connectivity index (χ0v) is 11.0. The average Bonchev–Trinajstić information content (AvgIpc) is 2.46. The predicted molar refractivity (Wildman–Crippen MR) is 67.0 cm³/mol. The quantitative estimate of drug-likeness (QED) is 0.676. The lowest BCUT2D eigenvalue weighted by molar-refractivity contribution is -0.184. The Kier molecular flexibility index (Phi) is 4.46. The Morgan fingerprint density at radius 1 is 1.35 bits per heavy atom. The third-order valence-electron chi connectivity index (χ3n) is 3.15. The lowest BCUT2D eigenvalue weighted by Gasteiger charge is -2.24. The summed E-state index contributed by atoms with van der Waals surface area (Å²) in [5.41, 5.74) is 0.147. The van der Waals surface area contributed by atoms with E-state index in [1.807, 2.05) is 0 Å². The van der Waals surface area contributed by atoms with Crippen LogP contribution in [0.25, 0.3) is 0 Å². The van der Waals surface area contributed by atoms with E-state index in [1.54, 1.807) is 6.92 Å². The molecule has 1 aromatic carbocycles. The largest absolute Gasteiger partial charge is 0.475 e. The van der Waals surface area contributed by atoms with E-state index in [9.17, 15) is 14.0 Å². The Morgan fingerprint density at radius 3 is 2.55 bits per heavy atom. The van der Waals surface area contributed by atoms with Gasteiger partial charge in [-0.2, -0.15) is 0 Å². The van der Waals surface area contributed by atoms with Crippen molar-refractivity contribution in [1.82, 2.24) is 0 Å². The van der Waals surface area contributed by atoms with E-state index < -0.39 is 23.9 Å². The molecule has 0 aliphatic carbocycles. The predicted octanol–water partition coefficient (Wildman–Crippen LogP) is 2.09. The first kappa shape index (κ1) is 14.6. The molecular formula is C14H15FO5. The highest BCUT2D eigenvalue weighted by atomic mass is 19.1. The highest BCUT2D eigenvalue weighted by Crippen LogP contribution is 2.29. The molecule has 1 aliphatic rings. The molecule has 108 valence electrons. The van der Waals surface area contributed by atoms with Gasteiger partial charge in [0.05, 0.1) is 13.2 Å². The molecule has 1 N–H and O–H groups in total. The van der Waals surface area contributed by atoms with Crippen LogP contribution < -0.4 is 0 Å². The van der Waals surface area contributed by atoms with Crippen molar-refractivity contribution in [3.8, 4) is 0 Å². The lowest BCUT2D eigenvalue weighted by atomic mass is 9.97. The van der Waals surface area contributed by atoms with E-state index in [1.165, 1.54) is 12.1 Å². The normalized spacial score (nSPS) is 16.1. The number of benzene rings is 1. The number of carbonyl (C=O) groups excluding carboxylic acids is 1. The van der Waals surface area contributed by atoms with Gasteiger partial charge in [-0.3, -0.25) is 4.79 Å². The van der Waals surface area contributed by atoms with Crippen LogP contribution in [0.2, 0.25) is 0 Å². The van der Waals surface area contributed by atoms with Gasteiger partial charge in [-0.1, -0.05) is 13.0 Å². The zero-order chi connectivity index (χ0) is 14.7. The molecule has 1 aliphatic heterocycles. The molecule has 0 saturated carbocycles. The molecular weight excluding hydrogens is 267 g/mol. The number of hydrogen-bond donors (Lipinski definition) is 1. The number of rotatable bonds is 4. The van der Waals surface area contributed by atoms with Gasteiger partial charge in [0.15, 0.2) is 6.29 Å². The molecule has 0 amide bonds. The minimum Gasteiger partial charge on any atom is -0.475 e. The summed E-state index contributed by atoms with van der Waals surface area (Å²) in [7, 11) is 0. The van der Waals surface area contributed by atoms with Crippen LogP contribution in [-0.4, -0.2) is 30.1 Å². The van der Waals surface area contributed by atoms with Crippen molar-refractivity contribution >= 4 is 11.8 Å². The Balaban J connectivity index is 2.42. The number of halogens is 1. The van der Waals surface area contributed by atoms with Gasteiger partial charge in [0.2, 0.25) is 0 Å². The molecule has 1 saturated heterocycles. The molecule has 6 heteroatoms. The minimum atomic E-state index is -1.60. The molecule has 20 heavy (non-hydrogen) atoms. The van der Waals surface area contributed by atoms with Gasteiger partial charge in [0.25, 0.3) is 5.78 Å². The van der Waals surface area contributed by atoms with E-state index in [4.69, 9.17) is 14.6 Å². The Labute approximate surface area is 115 Å². The smallest absolute Gasteiger partial charge is 0.377 e. The molecule has 0 radical (unpaired) electrons. The van der Waals surface area contributed by atoms with Crippen molar-refractivity contribution in [3.05, 3.63) is 34.6 Å². The van der Waals surface area contributed by atoms with Crippen LogP contribution in [0, 0.1) is 5.82 Å². The highest BCUT2D eigenvalue weighted by Gasteiger charge is 2.26. The maximum Gasteiger partial charge on any atom is 0.377 e. The van der Waals surface area contributed by atoms with Crippen molar-refractivity contribution in [2.24, 2.45) is 0 Å². The standard InChI is InChI=1S/C14H15FO5/c1-2-8-9(12(16)13(17)18)4-5-10(11(8)15)14-19-6-3-7-20-14/h4-5,14H,2-3,6-7H2,1H3,(H,17,18). The SMILES string of the molecule is CCc1c(C(=O)C(=O)O)ccc(C2OCCCO2)c1F.